The zero-order chi connectivity index (χ0) is 15.4. The molecular weight excluding hydrogens is 280 g/mol. The molecule has 5 heteroatoms. The summed E-state index contributed by atoms with van der Waals surface area (Å²) in [6, 6.07) is 2.20. The van der Waals surface area contributed by atoms with Gasteiger partial charge in [-0.3, -0.25) is 0 Å². The standard InChI is InChI=1S/C16H26N4S/c1-6-8-17-16-18-14(20(5)10-11(3)7-2)13-9-12(4)21-15(13)19-16/h9,11H,6-8,10H2,1-5H3,(H,17,18,19). The van der Waals surface area contributed by atoms with Crippen LogP contribution in [-0.4, -0.2) is 30.1 Å². The number of aromatic nitrogens is 2. The third-order valence-electron chi connectivity index (χ3n) is 3.67. The number of nitrogens with one attached hydrogen (secondary N) is 1. The molecule has 0 saturated carbocycles. The molecule has 2 aromatic heterocycles. The second kappa shape index (κ2) is 7.07. The molecule has 2 heterocycles. The first-order valence-corrected chi connectivity index (χ1v) is 8.60. The largest absolute Gasteiger partial charge is 0.359 e. The maximum Gasteiger partial charge on any atom is 0.226 e. The van der Waals surface area contributed by atoms with Gasteiger partial charge in [-0.25, -0.2) is 4.98 Å². The second-order valence-corrected chi connectivity index (χ2v) is 7.00. The van der Waals surface area contributed by atoms with E-state index >= 15 is 0 Å². The van der Waals surface area contributed by atoms with Crippen molar-refractivity contribution in [3.8, 4) is 0 Å². The summed E-state index contributed by atoms with van der Waals surface area (Å²) >= 11 is 1.74. The Morgan fingerprint density at radius 2 is 2.10 bits per heavy atom. The van der Waals surface area contributed by atoms with Crippen molar-refractivity contribution in [3.05, 3.63) is 10.9 Å². The Bertz CT molecular complexity index is 593. The van der Waals surface area contributed by atoms with Crippen LogP contribution >= 0.6 is 11.3 Å². The first kappa shape index (κ1) is 16.0. The van der Waals surface area contributed by atoms with Crippen LogP contribution in [0, 0.1) is 12.8 Å². The van der Waals surface area contributed by atoms with Crippen molar-refractivity contribution in [1.29, 1.82) is 0 Å². The Hall–Kier alpha value is -1.36. The first-order chi connectivity index (χ1) is 10.0. The molecule has 0 radical (unpaired) electrons. The number of nitrogens with zero attached hydrogens (tertiary/aromatic N) is 3. The van der Waals surface area contributed by atoms with E-state index in [9.17, 15) is 0 Å². The summed E-state index contributed by atoms with van der Waals surface area (Å²) in [5.41, 5.74) is 0. The molecule has 2 aromatic rings. The van der Waals surface area contributed by atoms with Gasteiger partial charge in [0, 0.05) is 25.0 Å². The van der Waals surface area contributed by atoms with Gasteiger partial charge in [0.05, 0.1) is 5.39 Å². The first-order valence-electron chi connectivity index (χ1n) is 7.78. The average molecular weight is 306 g/mol. The molecule has 1 unspecified atom stereocenters. The van der Waals surface area contributed by atoms with Gasteiger partial charge in [0.15, 0.2) is 0 Å². The fourth-order valence-corrected chi connectivity index (χ4v) is 3.19. The van der Waals surface area contributed by atoms with Crippen LogP contribution in [0.4, 0.5) is 11.8 Å². The number of rotatable bonds is 7. The van der Waals surface area contributed by atoms with E-state index in [0.29, 0.717) is 5.92 Å². The molecular formula is C16H26N4S. The minimum Gasteiger partial charge on any atom is -0.359 e. The van der Waals surface area contributed by atoms with Gasteiger partial charge >= 0.3 is 0 Å². The zero-order valence-electron chi connectivity index (χ0n) is 13.7. The van der Waals surface area contributed by atoms with E-state index in [2.05, 4.69) is 56.0 Å². The summed E-state index contributed by atoms with van der Waals surface area (Å²) in [4.78, 5) is 14.0. The second-order valence-electron chi connectivity index (χ2n) is 5.77. The Labute approximate surface area is 131 Å². The number of thiophene rings is 1. The smallest absolute Gasteiger partial charge is 0.226 e. The molecule has 116 valence electrons. The molecule has 0 amide bonds. The van der Waals surface area contributed by atoms with E-state index in [-0.39, 0.29) is 0 Å². The molecule has 0 aliphatic carbocycles. The molecule has 4 nitrogen and oxygen atoms in total. The Balaban J connectivity index is 2.38. The lowest BCUT2D eigenvalue weighted by Gasteiger charge is -2.23. The van der Waals surface area contributed by atoms with E-state index in [4.69, 9.17) is 4.98 Å². The van der Waals surface area contributed by atoms with Gasteiger partial charge in [-0.05, 0) is 25.3 Å². The molecule has 2 rings (SSSR count). The molecule has 0 bridgehead atoms. The summed E-state index contributed by atoms with van der Waals surface area (Å²) in [6.07, 6.45) is 2.26. The summed E-state index contributed by atoms with van der Waals surface area (Å²) in [5, 5.41) is 4.49. The molecule has 1 N–H and O–H groups in total. The summed E-state index contributed by atoms with van der Waals surface area (Å²) < 4.78 is 0. The third kappa shape index (κ3) is 3.84. The van der Waals surface area contributed by atoms with Gasteiger partial charge in [-0.1, -0.05) is 27.2 Å². The molecule has 0 aliphatic heterocycles. The van der Waals surface area contributed by atoms with E-state index in [0.717, 1.165) is 36.1 Å². The van der Waals surface area contributed by atoms with Crippen LogP contribution in [0.15, 0.2) is 6.07 Å². The molecule has 0 spiro atoms. The lowest BCUT2D eigenvalue weighted by Crippen LogP contribution is -2.25. The van der Waals surface area contributed by atoms with Gasteiger partial charge in [0.2, 0.25) is 5.95 Å². The average Bonchev–Trinajstić information content (AvgIpc) is 2.83. The number of hydrogen-bond acceptors (Lipinski definition) is 5. The number of anilines is 2. The van der Waals surface area contributed by atoms with Crippen LogP contribution in [0.2, 0.25) is 0 Å². The fraction of sp³-hybridized carbons (Fsp3) is 0.625. The van der Waals surface area contributed by atoms with Crippen molar-refractivity contribution in [1.82, 2.24) is 9.97 Å². The van der Waals surface area contributed by atoms with Crippen molar-refractivity contribution < 1.29 is 0 Å². The van der Waals surface area contributed by atoms with Gasteiger partial charge in [-0.2, -0.15) is 4.98 Å². The quantitative estimate of drug-likeness (QED) is 0.828. The van der Waals surface area contributed by atoms with Crippen molar-refractivity contribution >= 4 is 33.3 Å². The number of aryl methyl sites for hydroxylation is 1. The number of fused-ring (bicyclic) bond motifs is 1. The maximum atomic E-state index is 4.75. The zero-order valence-corrected chi connectivity index (χ0v) is 14.5. The van der Waals surface area contributed by atoms with E-state index in [1.807, 2.05) is 0 Å². The maximum absolute atomic E-state index is 4.75. The van der Waals surface area contributed by atoms with Crippen LogP contribution in [0.25, 0.3) is 10.2 Å². The highest BCUT2D eigenvalue weighted by molar-refractivity contribution is 7.18. The van der Waals surface area contributed by atoms with Crippen molar-refractivity contribution in [2.75, 3.05) is 30.4 Å². The van der Waals surface area contributed by atoms with Crippen LogP contribution in [0.5, 0.6) is 0 Å². The van der Waals surface area contributed by atoms with Crippen LogP contribution in [0.1, 0.15) is 38.5 Å². The lowest BCUT2D eigenvalue weighted by atomic mass is 10.1. The van der Waals surface area contributed by atoms with E-state index in [1.54, 1.807) is 11.3 Å². The molecule has 0 fully saturated rings. The summed E-state index contributed by atoms with van der Waals surface area (Å²) in [6.45, 7) is 10.7. The summed E-state index contributed by atoms with van der Waals surface area (Å²) in [7, 11) is 2.13. The SMILES string of the molecule is CCCNc1nc(N(C)CC(C)CC)c2cc(C)sc2n1. The highest BCUT2D eigenvalue weighted by Crippen LogP contribution is 2.31. The molecule has 0 aromatic carbocycles. The monoisotopic (exact) mass is 306 g/mol. The minimum atomic E-state index is 0.659. The highest BCUT2D eigenvalue weighted by Gasteiger charge is 2.15. The molecule has 0 aliphatic rings. The number of hydrogen-bond donors (Lipinski definition) is 1. The topological polar surface area (TPSA) is 41.1 Å². The van der Waals surface area contributed by atoms with Crippen LogP contribution < -0.4 is 10.2 Å². The minimum absolute atomic E-state index is 0.659. The lowest BCUT2D eigenvalue weighted by molar-refractivity contribution is 0.558. The molecule has 1 atom stereocenters. The normalized spacial score (nSPS) is 12.6. The Kier molecular flexibility index (Phi) is 5.39. The van der Waals surface area contributed by atoms with Crippen LogP contribution in [-0.2, 0) is 0 Å². The summed E-state index contributed by atoms with van der Waals surface area (Å²) in [5.74, 6) is 2.45. The van der Waals surface area contributed by atoms with Gasteiger partial charge in [-0.15, -0.1) is 11.3 Å². The van der Waals surface area contributed by atoms with Gasteiger partial charge < -0.3 is 10.2 Å². The van der Waals surface area contributed by atoms with Crippen molar-refractivity contribution in [3.63, 3.8) is 0 Å². The molecule has 0 saturated heterocycles. The van der Waals surface area contributed by atoms with Crippen LogP contribution in [0.3, 0.4) is 0 Å². The van der Waals surface area contributed by atoms with E-state index < -0.39 is 0 Å². The Morgan fingerprint density at radius 3 is 2.76 bits per heavy atom. The van der Waals surface area contributed by atoms with Gasteiger partial charge in [0.1, 0.15) is 10.6 Å². The predicted molar refractivity (Wildman–Crippen MR) is 93.7 cm³/mol. The van der Waals surface area contributed by atoms with Crippen molar-refractivity contribution in [2.45, 2.75) is 40.5 Å². The van der Waals surface area contributed by atoms with E-state index in [1.165, 1.54) is 16.7 Å². The fourth-order valence-electron chi connectivity index (χ4n) is 2.32. The third-order valence-corrected chi connectivity index (χ3v) is 4.62. The van der Waals surface area contributed by atoms with Gasteiger partial charge in [0.25, 0.3) is 0 Å². The van der Waals surface area contributed by atoms with Crippen molar-refractivity contribution in [2.24, 2.45) is 5.92 Å². The predicted octanol–water partition coefficient (Wildman–Crippen LogP) is 4.30. The highest BCUT2D eigenvalue weighted by atomic mass is 32.1. The molecule has 21 heavy (non-hydrogen) atoms. The Morgan fingerprint density at radius 1 is 1.33 bits per heavy atom.